The van der Waals surface area contributed by atoms with Crippen LogP contribution in [0.25, 0.3) is 11.4 Å². The minimum Gasteiger partial charge on any atom is -0.497 e. The third-order valence-electron chi connectivity index (χ3n) is 3.41. The molecule has 0 aliphatic carbocycles. The van der Waals surface area contributed by atoms with Crippen LogP contribution < -0.4 is 14.8 Å². The van der Waals surface area contributed by atoms with Crippen molar-refractivity contribution in [2.24, 2.45) is 0 Å². The number of methoxy groups -OCH3 is 2. The lowest BCUT2D eigenvalue weighted by Gasteiger charge is -2.05. The van der Waals surface area contributed by atoms with Crippen LogP contribution in [0.2, 0.25) is 0 Å². The summed E-state index contributed by atoms with van der Waals surface area (Å²) in [4.78, 5) is 4.46. The van der Waals surface area contributed by atoms with Crippen LogP contribution in [0.15, 0.2) is 22.7 Å². The van der Waals surface area contributed by atoms with Crippen molar-refractivity contribution in [2.45, 2.75) is 18.9 Å². The summed E-state index contributed by atoms with van der Waals surface area (Å²) >= 11 is 0. The fourth-order valence-corrected chi connectivity index (χ4v) is 2.33. The molecule has 1 saturated heterocycles. The van der Waals surface area contributed by atoms with Crippen molar-refractivity contribution in [2.75, 3.05) is 20.8 Å². The Hall–Kier alpha value is -2.08. The molecule has 0 unspecified atom stereocenters. The highest BCUT2D eigenvalue weighted by Gasteiger charge is 2.22. The van der Waals surface area contributed by atoms with Crippen molar-refractivity contribution in [1.82, 2.24) is 15.5 Å². The highest BCUT2D eigenvalue weighted by molar-refractivity contribution is 5.60. The summed E-state index contributed by atoms with van der Waals surface area (Å²) < 4.78 is 15.8. The van der Waals surface area contributed by atoms with Crippen LogP contribution in [0, 0.1) is 0 Å². The van der Waals surface area contributed by atoms with Crippen LogP contribution >= 0.6 is 0 Å². The first kappa shape index (κ1) is 12.9. The zero-order valence-electron chi connectivity index (χ0n) is 11.5. The predicted octanol–water partition coefficient (Wildman–Crippen LogP) is 2.18. The minimum atomic E-state index is 0.170. The topological polar surface area (TPSA) is 69.4 Å². The molecule has 1 N–H and O–H groups in total. The van der Waals surface area contributed by atoms with Crippen molar-refractivity contribution < 1.29 is 14.0 Å². The van der Waals surface area contributed by atoms with E-state index in [2.05, 4.69) is 15.5 Å². The third kappa shape index (κ3) is 2.46. The number of nitrogens with one attached hydrogen (secondary N) is 1. The Kier molecular flexibility index (Phi) is 3.56. The second-order valence-corrected chi connectivity index (χ2v) is 4.71. The molecule has 20 heavy (non-hydrogen) atoms. The standard InChI is InChI=1S/C14H17N3O3/c1-18-10-6-9(7-11(8-10)19-2)13-16-14(20-17-13)12-4-3-5-15-12/h6-8,12,15H,3-5H2,1-2H3/t12-/m0/s1. The number of nitrogens with zero attached hydrogens (tertiary/aromatic N) is 2. The Morgan fingerprint density at radius 2 is 1.95 bits per heavy atom. The summed E-state index contributed by atoms with van der Waals surface area (Å²) in [6.45, 7) is 0.995. The Morgan fingerprint density at radius 3 is 2.55 bits per heavy atom. The quantitative estimate of drug-likeness (QED) is 0.922. The molecule has 0 radical (unpaired) electrons. The van der Waals surface area contributed by atoms with Crippen molar-refractivity contribution in [3.05, 3.63) is 24.1 Å². The summed E-state index contributed by atoms with van der Waals surface area (Å²) in [7, 11) is 3.23. The molecule has 6 heteroatoms. The Bertz CT molecular complexity index is 569. The normalized spacial score (nSPS) is 18.2. The number of hydrogen-bond acceptors (Lipinski definition) is 6. The number of aromatic nitrogens is 2. The summed E-state index contributed by atoms with van der Waals surface area (Å²) in [5, 5.41) is 7.38. The molecule has 1 aliphatic heterocycles. The molecule has 6 nitrogen and oxygen atoms in total. The summed E-state index contributed by atoms with van der Waals surface area (Å²) in [5.74, 6) is 2.58. The van der Waals surface area contributed by atoms with Crippen LogP contribution in [-0.4, -0.2) is 30.9 Å². The van der Waals surface area contributed by atoms with Crippen molar-refractivity contribution in [3.8, 4) is 22.9 Å². The summed E-state index contributed by atoms with van der Waals surface area (Å²) in [5.41, 5.74) is 0.814. The average Bonchev–Trinajstić information content (AvgIpc) is 3.17. The molecule has 0 amide bonds. The highest BCUT2D eigenvalue weighted by atomic mass is 16.5. The van der Waals surface area contributed by atoms with Gasteiger partial charge in [0.25, 0.3) is 0 Å². The molecule has 0 spiro atoms. The molecule has 1 atom stereocenters. The fraction of sp³-hybridized carbons (Fsp3) is 0.429. The van der Waals surface area contributed by atoms with E-state index in [0.717, 1.165) is 24.9 Å². The maximum absolute atomic E-state index is 5.34. The van der Waals surface area contributed by atoms with Crippen LogP contribution in [0.1, 0.15) is 24.8 Å². The molecule has 2 heterocycles. The smallest absolute Gasteiger partial charge is 0.244 e. The van der Waals surface area contributed by atoms with E-state index in [1.165, 1.54) is 0 Å². The van der Waals surface area contributed by atoms with Gasteiger partial charge in [0.15, 0.2) is 0 Å². The lowest BCUT2D eigenvalue weighted by molar-refractivity contribution is 0.345. The van der Waals surface area contributed by atoms with Gasteiger partial charge in [-0.3, -0.25) is 0 Å². The third-order valence-corrected chi connectivity index (χ3v) is 3.41. The van der Waals surface area contributed by atoms with E-state index in [4.69, 9.17) is 14.0 Å². The Morgan fingerprint density at radius 1 is 1.20 bits per heavy atom. The first-order valence-corrected chi connectivity index (χ1v) is 6.60. The molecule has 1 fully saturated rings. The van der Waals surface area contributed by atoms with Crippen LogP contribution in [-0.2, 0) is 0 Å². The van der Waals surface area contributed by atoms with Gasteiger partial charge in [0.05, 0.1) is 20.3 Å². The molecule has 106 valence electrons. The van der Waals surface area contributed by atoms with E-state index in [1.807, 2.05) is 18.2 Å². The molecule has 1 aromatic carbocycles. The number of ether oxygens (including phenoxy) is 2. The van der Waals surface area contributed by atoms with Crippen LogP contribution in [0.5, 0.6) is 11.5 Å². The first-order valence-electron chi connectivity index (χ1n) is 6.60. The first-order chi connectivity index (χ1) is 9.80. The van der Waals surface area contributed by atoms with Gasteiger partial charge < -0.3 is 19.3 Å². The predicted molar refractivity (Wildman–Crippen MR) is 72.8 cm³/mol. The lowest BCUT2D eigenvalue weighted by atomic mass is 10.2. The van der Waals surface area contributed by atoms with Gasteiger partial charge in [-0.2, -0.15) is 4.98 Å². The zero-order chi connectivity index (χ0) is 13.9. The number of benzene rings is 1. The monoisotopic (exact) mass is 275 g/mol. The van der Waals surface area contributed by atoms with Gasteiger partial charge in [-0.15, -0.1) is 0 Å². The Balaban J connectivity index is 1.92. The van der Waals surface area contributed by atoms with Crippen LogP contribution in [0.4, 0.5) is 0 Å². The lowest BCUT2D eigenvalue weighted by Crippen LogP contribution is -2.12. The molecule has 0 bridgehead atoms. The summed E-state index contributed by atoms with van der Waals surface area (Å²) in [6.07, 6.45) is 2.17. The van der Waals surface area contributed by atoms with Gasteiger partial charge in [-0.1, -0.05) is 5.16 Å². The van der Waals surface area contributed by atoms with E-state index in [9.17, 15) is 0 Å². The maximum atomic E-state index is 5.34. The maximum Gasteiger partial charge on any atom is 0.244 e. The van der Waals surface area contributed by atoms with E-state index >= 15 is 0 Å². The Labute approximate surface area is 117 Å². The van der Waals surface area contributed by atoms with Crippen molar-refractivity contribution in [3.63, 3.8) is 0 Å². The molecular weight excluding hydrogens is 258 g/mol. The molecular formula is C14H17N3O3. The van der Waals surface area contributed by atoms with E-state index in [-0.39, 0.29) is 6.04 Å². The molecule has 0 saturated carbocycles. The average molecular weight is 275 g/mol. The van der Waals surface area contributed by atoms with Gasteiger partial charge in [0.2, 0.25) is 11.7 Å². The second-order valence-electron chi connectivity index (χ2n) is 4.71. The molecule has 2 aromatic rings. The van der Waals surface area contributed by atoms with Gasteiger partial charge >= 0.3 is 0 Å². The van der Waals surface area contributed by atoms with Gasteiger partial charge in [-0.25, -0.2) is 0 Å². The minimum absolute atomic E-state index is 0.170. The fourth-order valence-electron chi connectivity index (χ4n) is 2.33. The molecule has 1 aromatic heterocycles. The van der Waals surface area contributed by atoms with Crippen molar-refractivity contribution in [1.29, 1.82) is 0 Å². The van der Waals surface area contributed by atoms with Gasteiger partial charge in [0.1, 0.15) is 11.5 Å². The summed E-state index contributed by atoms with van der Waals surface area (Å²) in [6, 6.07) is 5.70. The van der Waals surface area contributed by atoms with E-state index in [1.54, 1.807) is 14.2 Å². The molecule has 1 aliphatic rings. The van der Waals surface area contributed by atoms with Crippen LogP contribution in [0.3, 0.4) is 0 Å². The molecule has 3 rings (SSSR count). The second kappa shape index (κ2) is 5.50. The zero-order valence-corrected chi connectivity index (χ0v) is 11.5. The SMILES string of the molecule is COc1cc(OC)cc(-c2noc([C@@H]3CCCN3)n2)c1. The number of rotatable bonds is 4. The van der Waals surface area contributed by atoms with Gasteiger partial charge in [0, 0.05) is 11.6 Å². The highest BCUT2D eigenvalue weighted by Crippen LogP contribution is 2.29. The van der Waals surface area contributed by atoms with E-state index in [0.29, 0.717) is 23.2 Å². The number of hydrogen-bond donors (Lipinski definition) is 1. The van der Waals surface area contributed by atoms with Crippen molar-refractivity contribution >= 4 is 0 Å². The largest absolute Gasteiger partial charge is 0.497 e. The van der Waals surface area contributed by atoms with E-state index < -0.39 is 0 Å². The van der Waals surface area contributed by atoms with Gasteiger partial charge in [-0.05, 0) is 31.5 Å².